The van der Waals surface area contributed by atoms with Crippen LogP contribution in [0, 0.1) is 5.41 Å². The number of hydrogen-bond acceptors (Lipinski definition) is 6. The molecule has 2 N–H and O–H groups in total. The molecule has 0 radical (unpaired) electrons. The average Bonchev–Trinajstić information content (AvgIpc) is 2.83. The molecule has 0 aromatic carbocycles. The highest BCUT2D eigenvalue weighted by atomic mass is 15.3. The largest absolute Gasteiger partial charge is 0.357 e. The minimum Gasteiger partial charge on any atom is -0.357 e. The second-order valence-corrected chi connectivity index (χ2v) is 5.80. The van der Waals surface area contributed by atoms with Gasteiger partial charge in [-0.1, -0.05) is 19.8 Å². The van der Waals surface area contributed by atoms with Crippen LogP contribution >= 0.6 is 0 Å². The molecule has 0 aliphatic heterocycles. The van der Waals surface area contributed by atoms with Crippen molar-refractivity contribution in [1.82, 2.24) is 15.0 Å². The van der Waals surface area contributed by atoms with E-state index in [0.717, 1.165) is 6.54 Å². The molecule has 2 rings (SSSR count). The maximum atomic E-state index is 4.43. The van der Waals surface area contributed by atoms with E-state index in [0.29, 0.717) is 23.3 Å². The zero-order chi connectivity index (χ0) is 13.9. The third-order valence-electron chi connectivity index (χ3n) is 3.73. The van der Waals surface area contributed by atoms with E-state index in [2.05, 4.69) is 32.5 Å². The summed E-state index contributed by atoms with van der Waals surface area (Å²) < 4.78 is 0. The molecule has 0 spiro atoms. The summed E-state index contributed by atoms with van der Waals surface area (Å²) in [5, 5.41) is 6.34. The third-order valence-corrected chi connectivity index (χ3v) is 3.73. The summed E-state index contributed by atoms with van der Waals surface area (Å²) >= 11 is 0. The summed E-state index contributed by atoms with van der Waals surface area (Å²) in [5.74, 6) is 1.91. The van der Waals surface area contributed by atoms with E-state index in [1.165, 1.54) is 25.7 Å². The highest BCUT2D eigenvalue weighted by Gasteiger charge is 2.28. The highest BCUT2D eigenvalue weighted by Crippen LogP contribution is 2.37. The Hall–Kier alpha value is -1.59. The topological polar surface area (TPSA) is 66.0 Å². The first-order chi connectivity index (χ1) is 9.02. The Morgan fingerprint density at radius 3 is 2.32 bits per heavy atom. The van der Waals surface area contributed by atoms with Gasteiger partial charge in [-0.2, -0.15) is 15.0 Å². The van der Waals surface area contributed by atoms with Crippen molar-refractivity contribution in [2.24, 2.45) is 5.41 Å². The van der Waals surface area contributed by atoms with Crippen LogP contribution in [0.3, 0.4) is 0 Å². The summed E-state index contributed by atoms with van der Waals surface area (Å²) in [7, 11) is 5.67. The number of hydrogen-bond donors (Lipinski definition) is 2. The van der Waals surface area contributed by atoms with Gasteiger partial charge in [-0.05, 0) is 18.3 Å². The Bertz CT molecular complexity index is 425. The van der Waals surface area contributed by atoms with Crippen LogP contribution in [0.15, 0.2) is 0 Å². The van der Waals surface area contributed by atoms with Gasteiger partial charge in [0, 0.05) is 27.7 Å². The summed E-state index contributed by atoms with van der Waals surface area (Å²) in [6.07, 6.45) is 5.23. The Morgan fingerprint density at radius 1 is 1.11 bits per heavy atom. The first kappa shape index (κ1) is 13.8. The first-order valence-corrected chi connectivity index (χ1v) is 6.87. The van der Waals surface area contributed by atoms with Gasteiger partial charge in [0.05, 0.1) is 0 Å². The lowest BCUT2D eigenvalue weighted by atomic mass is 9.89. The molecule has 0 amide bonds. The summed E-state index contributed by atoms with van der Waals surface area (Å²) in [4.78, 5) is 15.0. The maximum Gasteiger partial charge on any atom is 0.231 e. The fraction of sp³-hybridized carbons (Fsp3) is 0.769. The van der Waals surface area contributed by atoms with Crippen LogP contribution in [-0.2, 0) is 0 Å². The maximum absolute atomic E-state index is 4.43. The van der Waals surface area contributed by atoms with Gasteiger partial charge in [0.1, 0.15) is 0 Å². The second-order valence-electron chi connectivity index (χ2n) is 5.80. The van der Waals surface area contributed by atoms with Gasteiger partial charge < -0.3 is 15.5 Å². The van der Waals surface area contributed by atoms with Gasteiger partial charge in [-0.25, -0.2) is 0 Å². The van der Waals surface area contributed by atoms with Crippen LogP contribution in [-0.4, -0.2) is 42.6 Å². The molecule has 1 saturated carbocycles. The molecule has 1 aromatic heterocycles. The standard InChI is InChI=1S/C13H24N6/c1-13(7-5-6-8-13)9-15-11-16-10(14-2)17-12(18-11)19(3)4/h5-9H2,1-4H3,(H2,14,15,16,17,18). The molecule has 6 nitrogen and oxygen atoms in total. The van der Waals surface area contributed by atoms with Gasteiger partial charge in [0.25, 0.3) is 0 Å². The van der Waals surface area contributed by atoms with Crippen LogP contribution in [0.4, 0.5) is 17.8 Å². The fourth-order valence-electron chi connectivity index (χ4n) is 2.45. The molecule has 1 aromatic rings. The van der Waals surface area contributed by atoms with E-state index in [1.807, 2.05) is 26.0 Å². The Kier molecular flexibility index (Phi) is 4.07. The van der Waals surface area contributed by atoms with E-state index in [1.54, 1.807) is 0 Å². The molecule has 0 bridgehead atoms. The van der Waals surface area contributed by atoms with Gasteiger partial charge in [-0.15, -0.1) is 0 Å². The molecule has 0 saturated heterocycles. The van der Waals surface area contributed by atoms with Crippen molar-refractivity contribution < 1.29 is 0 Å². The number of nitrogens with zero attached hydrogens (tertiary/aromatic N) is 4. The van der Waals surface area contributed by atoms with Crippen LogP contribution in [0.5, 0.6) is 0 Å². The zero-order valence-electron chi connectivity index (χ0n) is 12.3. The summed E-state index contributed by atoms with van der Waals surface area (Å²) in [6, 6.07) is 0. The highest BCUT2D eigenvalue weighted by molar-refractivity contribution is 5.42. The molecule has 0 atom stereocenters. The number of anilines is 3. The van der Waals surface area contributed by atoms with Crippen LogP contribution in [0.2, 0.25) is 0 Å². The van der Waals surface area contributed by atoms with Gasteiger partial charge in [0.2, 0.25) is 17.8 Å². The van der Waals surface area contributed by atoms with E-state index in [9.17, 15) is 0 Å². The quantitative estimate of drug-likeness (QED) is 0.847. The minimum atomic E-state index is 0.380. The Labute approximate surface area is 115 Å². The molecule has 0 unspecified atom stereocenters. The monoisotopic (exact) mass is 264 g/mol. The molecule has 6 heteroatoms. The Balaban J connectivity index is 2.08. The van der Waals surface area contributed by atoms with Crippen molar-refractivity contribution in [3.05, 3.63) is 0 Å². The van der Waals surface area contributed by atoms with E-state index < -0.39 is 0 Å². The molecule has 106 valence electrons. The first-order valence-electron chi connectivity index (χ1n) is 6.87. The van der Waals surface area contributed by atoms with Crippen molar-refractivity contribution in [2.75, 3.05) is 43.2 Å². The molecule has 19 heavy (non-hydrogen) atoms. The SMILES string of the molecule is CNc1nc(NCC2(C)CCCC2)nc(N(C)C)n1. The molecule has 1 aliphatic rings. The lowest BCUT2D eigenvalue weighted by molar-refractivity contribution is 0.361. The molecule has 1 heterocycles. The van der Waals surface area contributed by atoms with Crippen molar-refractivity contribution >= 4 is 17.8 Å². The number of rotatable bonds is 5. The normalized spacial score (nSPS) is 17.3. The van der Waals surface area contributed by atoms with E-state index in [4.69, 9.17) is 0 Å². The van der Waals surface area contributed by atoms with Crippen molar-refractivity contribution in [1.29, 1.82) is 0 Å². The van der Waals surface area contributed by atoms with E-state index >= 15 is 0 Å². The number of nitrogens with one attached hydrogen (secondary N) is 2. The molecular weight excluding hydrogens is 240 g/mol. The van der Waals surface area contributed by atoms with Crippen molar-refractivity contribution in [3.63, 3.8) is 0 Å². The number of aromatic nitrogens is 3. The lowest BCUT2D eigenvalue weighted by Gasteiger charge is -2.24. The fourth-order valence-corrected chi connectivity index (χ4v) is 2.45. The van der Waals surface area contributed by atoms with Crippen molar-refractivity contribution in [2.45, 2.75) is 32.6 Å². The van der Waals surface area contributed by atoms with Crippen LogP contribution in [0.1, 0.15) is 32.6 Å². The molecule has 1 fully saturated rings. The summed E-state index contributed by atoms with van der Waals surface area (Å²) in [5.41, 5.74) is 0.380. The smallest absolute Gasteiger partial charge is 0.231 e. The molecular formula is C13H24N6. The van der Waals surface area contributed by atoms with Gasteiger partial charge >= 0.3 is 0 Å². The van der Waals surface area contributed by atoms with Crippen LogP contribution < -0.4 is 15.5 Å². The van der Waals surface area contributed by atoms with Gasteiger partial charge in [-0.3, -0.25) is 0 Å². The van der Waals surface area contributed by atoms with Gasteiger partial charge in [0.15, 0.2) is 0 Å². The predicted molar refractivity (Wildman–Crippen MR) is 78.8 cm³/mol. The predicted octanol–water partition coefficient (Wildman–Crippen LogP) is 1.97. The minimum absolute atomic E-state index is 0.380. The average molecular weight is 264 g/mol. The van der Waals surface area contributed by atoms with Crippen molar-refractivity contribution in [3.8, 4) is 0 Å². The summed E-state index contributed by atoms with van der Waals surface area (Å²) in [6.45, 7) is 3.26. The molecule has 1 aliphatic carbocycles. The third kappa shape index (κ3) is 3.45. The van der Waals surface area contributed by atoms with E-state index in [-0.39, 0.29) is 0 Å². The zero-order valence-corrected chi connectivity index (χ0v) is 12.3. The lowest BCUT2D eigenvalue weighted by Crippen LogP contribution is -2.25. The Morgan fingerprint density at radius 2 is 1.74 bits per heavy atom. The van der Waals surface area contributed by atoms with Crippen LogP contribution in [0.25, 0.3) is 0 Å². The second kappa shape index (κ2) is 5.59.